The number of nitrogens with zero attached hydrogens (tertiary/aromatic N) is 4. The molecule has 1 aliphatic rings. The number of aromatic nitrogens is 3. The van der Waals surface area contributed by atoms with Crippen molar-refractivity contribution in [1.82, 2.24) is 19.2 Å². The highest BCUT2D eigenvalue weighted by atomic mass is 32.1. The van der Waals surface area contributed by atoms with Crippen LogP contribution in [0.2, 0.25) is 0 Å². The van der Waals surface area contributed by atoms with E-state index in [1.807, 2.05) is 11.6 Å². The Kier molecular flexibility index (Phi) is 4.14. The second-order valence-corrected chi connectivity index (χ2v) is 5.41. The molecule has 0 saturated carbocycles. The summed E-state index contributed by atoms with van der Waals surface area (Å²) in [4.78, 5) is 2.25. The summed E-state index contributed by atoms with van der Waals surface area (Å²) >= 11 is 5.44. The molecule has 112 valence electrons. The molecule has 0 spiro atoms. The topological polar surface area (TPSA) is 35.2 Å². The standard InChI is InChI=1S/C14H17FN4OS/c1-17-13(11-2-4-12(15)5-3-11)16-19(14(17)21)10-18-6-8-20-9-7-18/h2-5H,6-10H2,1H3. The van der Waals surface area contributed by atoms with Gasteiger partial charge in [-0.25, -0.2) is 9.07 Å². The Labute approximate surface area is 127 Å². The molecular weight excluding hydrogens is 291 g/mol. The van der Waals surface area contributed by atoms with Crippen molar-refractivity contribution in [1.29, 1.82) is 0 Å². The SMILES string of the molecule is Cn1c(-c2ccc(F)cc2)nn(CN2CCOCC2)c1=S. The van der Waals surface area contributed by atoms with Gasteiger partial charge in [0.1, 0.15) is 5.82 Å². The molecule has 0 aliphatic carbocycles. The lowest BCUT2D eigenvalue weighted by atomic mass is 10.2. The number of hydrogen-bond donors (Lipinski definition) is 0. The molecule has 0 N–H and O–H groups in total. The number of benzene rings is 1. The molecule has 1 aliphatic heterocycles. The molecule has 2 aromatic rings. The van der Waals surface area contributed by atoms with Crippen molar-refractivity contribution in [3.05, 3.63) is 34.9 Å². The maximum Gasteiger partial charge on any atom is 0.199 e. The molecule has 1 fully saturated rings. The van der Waals surface area contributed by atoms with Crippen LogP contribution in [0.15, 0.2) is 24.3 Å². The van der Waals surface area contributed by atoms with E-state index in [9.17, 15) is 4.39 Å². The second-order valence-electron chi connectivity index (χ2n) is 5.04. The first kappa shape index (κ1) is 14.4. The average Bonchev–Trinajstić information content (AvgIpc) is 2.78. The molecule has 0 atom stereocenters. The molecular formula is C14H17FN4OS. The summed E-state index contributed by atoms with van der Waals surface area (Å²) in [6.07, 6.45) is 0. The molecule has 1 saturated heterocycles. The molecule has 3 rings (SSSR count). The Hall–Kier alpha value is -1.57. The molecule has 5 nitrogen and oxygen atoms in total. The summed E-state index contributed by atoms with van der Waals surface area (Å²) in [6.45, 7) is 3.89. The van der Waals surface area contributed by atoms with Gasteiger partial charge in [0.2, 0.25) is 0 Å². The molecule has 0 bridgehead atoms. The molecule has 21 heavy (non-hydrogen) atoms. The van der Waals surface area contributed by atoms with Crippen molar-refractivity contribution in [2.75, 3.05) is 26.3 Å². The van der Waals surface area contributed by atoms with E-state index in [-0.39, 0.29) is 5.82 Å². The zero-order chi connectivity index (χ0) is 14.8. The summed E-state index contributed by atoms with van der Waals surface area (Å²) in [5.74, 6) is 0.487. The maximum absolute atomic E-state index is 13.0. The van der Waals surface area contributed by atoms with E-state index < -0.39 is 0 Å². The van der Waals surface area contributed by atoms with Crippen molar-refractivity contribution in [2.45, 2.75) is 6.67 Å². The van der Waals surface area contributed by atoms with E-state index in [0.717, 1.165) is 37.7 Å². The van der Waals surface area contributed by atoms with E-state index in [1.165, 1.54) is 12.1 Å². The third kappa shape index (κ3) is 3.04. The Morgan fingerprint density at radius 3 is 2.57 bits per heavy atom. The van der Waals surface area contributed by atoms with Gasteiger partial charge in [-0.3, -0.25) is 4.90 Å². The lowest BCUT2D eigenvalue weighted by molar-refractivity contribution is 0.0210. The van der Waals surface area contributed by atoms with Gasteiger partial charge in [0.05, 0.1) is 19.9 Å². The normalized spacial score (nSPS) is 16.3. The van der Waals surface area contributed by atoms with Gasteiger partial charge in [-0.1, -0.05) is 0 Å². The number of ether oxygens (including phenoxy) is 1. The van der Waals surface area contributed by atoms with Crippen molar-refractivity contribution in [3.8, 4) is 11.4 Å². The fourth-order valence-electron chi connectivity index (χ4n) is 2.36. The fraction of sp³-hybridized carbons (Fsp3) is 0.429. The van der Waals surface area contributed by atoms with E-state index >= 15 is 0 Å². The van der Waals surface area contributed by atoms with Crippen molar-refractivity contribution >= 4 is 12.2 Å². The summed E-state index contributed by atoms with van der Waals surface area (Å²) in [6, 6.07) is 6.29. The van der Waals surface area contributed by atoms with Crippen LogP contribution < -0.4 is 0 Å². The molecule has 0 amide bonds. The van der Waals surface area contributed by atoms with Crippen molar-refractivity contribution in [2.24, 2.45) is 7.05 Å². The minimum Gasteiger partial charge on any atom is -0.379 e. The van der Waals surface area contributed by atoms with E-state index in [2.05, 4.69) is 10.00 Å². The highest BCUT2D eigenvalue weighted by molar-refractivity contribution is 7.71. The minimum atomic E-state index is -0.257. The van der Waals surface area contributed by atoms with E-state index in [0.29, 0.717) is 11.4 Å². The maximum atomic E-state index is 13.0. The first-order chi connectivity index (χ1) is 10.1. The van der Waals surface area contributed by atoms with Crippen LogP contribution in [0.1, 0.15) is 0 Å². The van der Waals surface area contributed by atoms with Crippen LogP contribution in [0, 0.1) is 10.6 Å². The number of morpholine rings is 1. The number of rotatable bonds is 3. The predicted octanol–water partition coefficient (Wildman–Crippen LogP) is 2.05. The second kappa shape index (κ2) is 6.05. The molecule has 0 unspecified atom stereocenters. The number of halogens is 1. The lowest BCUT2D eigenvalue weighted by Gasteiger charge is -2.25. The van der Waals surface area contributed by atoms with Gasteiger partial charge < -0.3 is 9.30 Å². The van der Waals surface area contributed by atoms with Crippen LogP contribution in [0.4, 0.5) is 4.39 Å². The van der Waals surface area contributed by atoms with Crippen molar-refractivity contribution in [3.63, 3.8) is 0 Å². The molecule has 0 radical (unpaired) electrons. The average molecular weight is 308 g/mol. The predicted molar refractivity (Wildman–Crippen MR) is 79.8 cm³/mol. The molecule has 1 aromatic carbocycles. The van der Waals surface area contributed by atoms with Gasteiger partial charge in [-0.2, -0.15) is 5.10 Å². The first-order valence-electron chi connectivity index (χ1n) is 6.85. The Bertz CT molecular complexity index is 673. The highest BCUT2D eigenvalue weighted by Gasteiger charge is 2.15. The Balaban J connectivity index is 1.88. The molecule has 2 heterocycles. The zero-order valence-corrected chi connectivity index (χ0v) is 12.6. The van der Waals surface area contributed by atoms with Crippen LogP contribution in [0.5, 0.6) is 0 Å². The van der Waals surface area contributed by atoms with E-state index in [4.69, 9.17) is 17.0 Å². The summed E-state index contributed by atoms with van der Waals surface area (Å²) in [7, 11) is 1.88. The largest absolute Gasteiger partial charge is 0.379 e. The van der Waals surface area contributed by atoms with Crippen LogP contribution in [-0.2, 0) is 18.5 Å². The fourth-order valence-corrected chi connectivity index (χ4v) is 2.55. The zero-order valence-electron chi connectivity index (χ0n) is 11.8. The third-order valence-electron chi connectivity index (χ3n) is 3.58. The van der Waals surface area contributed by atoms with Crippen LogP contribution in [0.25, 0.3) is 11.4 Å². The van der Waals surface area contributed by atoms with Gasteiger partial charge in [0, 0.05) is 25.7 Å². The van der Waals surface area contributed by atoms with Gasteiger partial charge >= 0.3 is 0 Å². The smallest absolute Gasteiger partial charge is 0.199 e. The monoisotopic (exact) mass is 308 g/mol. The van der Waals surface area contributed by atoms with Gasteiger partial charge in [0.25, 0.3) is 0 Å². The Morgan fingerprint density at radius 2 is 1.90 bits per heavy atom. The molecule has 1 aromatic heterocycles. The van der Waals surface area contributed by atoms with Crippen molar-refractivity contribution < 1.29 is 9.13 Å². The van der Waals surface area contributed by atoms with Gasteiger partial charge in [0.15, 0.2) is 10.6 Å². The van der Waals surface area contributed by atoms with E-state index in [1.54, 1.807) is 16.8 Å². The summed E-state index contributed by atoms with van der Waals surface area (Å²) in [5.41, 5.74) is 0.853. The summed E-state index contributed by atoms with van der Waals surface area (Å²) < 4.78 is 22.7. The minimum absolute atomic E-state index is 0.257. The van der Waals surface area contributed by atoms with Crippen LogP contribution in [-0.4, -0.2) is 45.6 Å². The highest BCUT2D eigenvalue weighted by Crippen LogP contribution is 2.18. The quantitative estimate of drug-likeness (QED) is 0.813. The van der Waals surface area contributed by atoms with Crippen LogP contribution in [0.3, 0.4) is 0 Å². The summed E-state index contributed by atoms with van der Waals surface area (Å²) in [5, 5.41) is 4.57. The third-order valence-corrected chi connectivity index (χ3v) is 4.07. The first-order valence-corrected chi connectivity index (χ1v) is 7.26. The Morgan fingerprint density at radius 1 is 1.24 bits per heavy atom. The number of hydrogen-bond acceptors (Lipinski definition) is 4. The lowest BCUT2D eigenvalue weighted by Crippen LogP contribution is -2.37. The van der Waals surface area contributed by atoms with Crippen LogP contribution >= 0.6 is 12.2 Å². The molecule has 7 heteroatoms. The van der Waals surface area contributed by atoms with Gasteiger partial charge in [-0.15, -0.1) is 0 Å². The van der Waals surface area contributed by atoms with Gasteiger partial charge in [-0.05, 0) is 36.5 Å².